The van der Waals surface area contributed by atoms with Gasteiger partial charge < -0.3 is 24.8 Å². The lowest BCUT2D eigenvalue weighted by Crippen LogP contribution is -2.28. The molecule has 0 spiro atoms. The Kier molecular flexibility index (Phi) is 5.77. The number of para-hydroxylation sites is 1. The SMILES string of the molecule is COc1ccc2[nH]c3c(=O)n(CCC(=O)NCc4ccccc4OC)c(=S)[nH]c3c2c1. The number of amides is 1. The first kappa shape index (κ1) is 20.7. The summed E-state index contributed by atoms with van der Waals surface area (Å²) in [5, 5.41) is 3.67. The molecule has 0 aliphatic rings. The van der Waals surface area contributed by atoms with E-state index in [4.69, 9.17) is 21.7 Å². The van der Waals surface area contributed by atoms with Gasteiger partial charge in [-0.1, -0.05) is 18.2 Å². The van der Waals surface area contributed by atoms with E-state index in [0.29, 0.717) is 29.1 Å². The van der Waals surface area contributed by atoms with Crippen molar-refractivity contribution in [2.45, 2.75) is 19.5 Å². The highest BCUT2D eigenvalue weighted by atomic mass is 32.1. The van der Waals surface area contributed by atoms with Crippen LogP contribution < -0.4 is 20.3 Å². The molecule has 2 aromatic heterocycles. The molecule has 0 aliphatic heterocycles. The van der Waals surface area contributed by atoms with Crippen molar-refractivity contribution in [3.63, 3.8) is 0 Å². The monoisotopic (exact) mass is 438 g/mol. The number of hydrogen-bond acceptors (Lipinski definition) is 5. The van der Waals surface area contributed by atoms with Crippen molar-refractivity contribution in [2.24, 2.45) is 0 Å². The third-order valence-corrected chi connectivity index (χ3v) is 5.50. The zero-order valence-corrected chi connectivity index (χ0v) is 18.0. The van der Waals surface area contributed by atoms with Crippen LogP contribution in [0.4, 0.5) is 0 Å². The molecule has 31 heavy (non-hydrogen) atoms. The minimum atomic E-state index is -0.272. The summed E-state index contributed by atoms with van der Waals surface area (Å²) in [5.74, 6) is 1.21. The van der Waals surface area contributed by atoms with Crippen LogP contribution in [0.3, 0.4) is 0 Å². The molecule has 0 saturated carbocycles. The number of hydrogen-bond donors (Lipinski definition) is 3. The largest absolute Gasteiger partial charge is 0.497 e. The van der Waals surface area contributed by atoms with Crippen molar-refractivity contribution in [2.75, 3.05) is 14.2 Å². The number of benzene rings is 2. The van der Waals surface area contributed by atoms with Crippen LogP contribution >= 0.6 is 12.2 Å². The smallest absolute Gasteiger partial charge is 0.278 e. The maximum absolute atomic E-state index is 13.0. The highest BCUT2D eigenvalue weighted by molar-refractivity contribution is 7.71. The van der Waals surface area contributed by atoms with Gasteiger partial charge in [0.2, 0.25) is 5.91 Å². The number of carbonyl (C=O) groups is 1. The van der Waals surface area contributed by atoms with Crippen LogP contribution in [0.25, 0.3) is 21.9 Å². The first-order valence-electron chi connectivity index (χ1n) is 9.73. The van der Waals surface area contributed by atoms with E-state index in [-0.39, 0.29) is 29.2 Å². The number of rotatable bonds is 7. The second kappa shape index (κ2) is 8.65. The lowest BCUT2D eigenvalue weighted by Gasteiger charge is -2.10. The number of aromatic nitrogens is 3. The Bertz CT molecular complexity index is 1390. The molecule has 3 N–H and O–H groups in total. The molecule has 0 bridgehead atoms. The van der Waals surface area contributed by atoms with Crippen molar-refractivity contribution in [1.82, 2.24) is 19.9 Å². The number of methoxy groups -OCH3 is 2. The first-order valence-corrected chi connectivity index (χ1v) is 10.1. The van der Waals surface area contributed by atoms with E-state index in [9.17, 15) is 9.59 Å². The maximum Gasteiger partial charge on any atom is 0.278 e. The normalized spacial score (nSPS) is 11.0. The topological polar surface area (TPSA) is 101 Å². The van der Waals surface area contributed by atoms with Crippen molar-refractivity contribution in [3.05, 3.63) is 63.2 Å². The van der Waals surface area contributed by atoms with Gasteiger partial charge in [-0.05, 0) is 36.5 Å². The van der Waals surface area contributed by atoms with Crippen LogP contribution in [-0.2, 0) is 17.9 Å². The number of nitrogens with one attached hydrogen (secondary N) is 3. The average Bonchev–Trinajstić information content (AvgIpc) is 3.15. The number of fused-ring (bicyclic) bond motifs is 3. The standard InChI is InChI=1S/C22H22N4O4S/c1-29-14-7-8-16-15(11-14)19-20(24-16)21(28)26(22(31)25-19)10-9-18(27)23-12-13-5-3-4-6-17(13)30-2/h3-8,11,24H,9-10,12H2,1-2H3,(H,23,27)(H,25,31). The fraction of sp³-hybridized carbons (Fsp3) is 0.227. The number of nitrogens with zero attached hydrogens (tertiary/aromatic N) is 1. The van der Waals surface area contributed by atoms with Crippen LogP contribution in [-0.4, -0.2) is 34.7 Å². The van der Waals surface area contributed by atoms with E-state index in [1.54, 1.807) is 14.2 Å². The van der Waals surface area contributed by atoms with Crippen LogP contribution in [0.1, 0.15) is 12.0 Å². The summed E-state index contributed by atoms with van der Waals surface area (Å²) in [4.78, 5) is 31.6. The lowest BCUT2D eigenvalue weighted by molar-refractivity contribution is -0.121. The van der Waals surface area contributed by atoms with Gasteiger partial charge in [0.1, 0.15) is 17.0 Å². The molecule has 8 nitrogen and oxygen atoms in total. The molecule has 2 heterocycles. The molecule has 1 amide bonds. The van der Waals surface area contributed by atoms with Crippen molar-refractivity contribution in [3.8, 4) is 11.5 Å². The highest BCUT2D eigenvalue weighted by Crippen LogP contribution is 2.25. The fourth-order valence-electron chi connectivity index (χ4n) is 3.54. The molecular weight excluding hydrogens is 416 g/mol. The Balaban J connectivity index is 1.53. The van der Waals surface area contributed by atoms with Gasteiger partial charge in [0, 0.05) is 36.0 Å². The van der Waals surface area contributed by atoms with E-state index < -0.39 is 0 Å². The molecule has 2 aromatic carbocycles. The van der Waals surface area contributed by atoms with Gasteiger partial charge in [-0.3, -0.25) is 14.2 Å². The number of H-pyrrole nitrogens is 2. The fourth-order valence-corrected chi connectivity index (χ4v) is 3.81. The molecular formula is C22H22N4O4S. The summed E-state index contributed by atoms with van der Waals surface area (Å²) in [5.41, 5.74) is 2.44. The summed E-state index contributed by atoms with van der Waals surface area (Å²) in [6, 6.07) is 13.0. The summed E-state index contributed by atoms with van der Waals surface area (Å²) in [6.07, 6.45) is 0.117. The quantitative estimate of drug-likeness (QED) is 0.385. The Hall–Kier alpha value is -3.59. The van der Waals surface area contributed by atoms with Gasteiger partial charge in [-0.25, -0.2) is 0 Å². The van der Waals surface area contributed by atoms with Gasteiger partial charge in [0.05, 0.1) is 19.7 Å². The van der Waals surface area contributed by atoms with Crippen molar-refractivity contribution >= 4 is 40.1 Å². The third kappa shape index (κ3) is 4.04. The highest BCUT2D eigenvalue weighted by Gasteiger charge is 2.13. The zero-order valence-electron chi connectivity index (χ0n) is 17.2. The molecule has 0 fully saturated rings. The Labute approximate surface area is 182 Å². The van der Waals surface area contributed by atoms with Gasteiger partial charge >= 0.3 is 0 Å². The van der Waals surface area contributed by atoms with E-state index in [1.165, 1.54) is 4.57 Å². The summed E-state index contributed by atoms with van der Waals surface area (Å²) in [6.45, 7) is 0.508. The maximum atomic E-state index is 13.0. The summed E-state index contributed by atoms with van der Waals surface area (Å²) < 4.78 is 12.2. The van der Waals surface area contributed by atoms with Crippen LogP contribution in [0.5, 0.6) is 11.5 Å². The molecule has 0 atom stereocenters. The second-order valence-electron chi connectivity index (χ2n) is 7.01. The Morgan fingerprint density at radius 1 is 1.10 bits per heavy atom. The second-order valence-corrected chi connectivity index (χ2v) is 7.40. The Morgan fingerprint density at radius 3 is 2.68 bits per heavy atom. The first-order chi connectivity index (χ1) is 15.0. The molecule has 0 saturated heterocycles. The molecule has 9 heteroatoms. The lowest BCUT2D eigenvalue weighted by atomic mass is 10.2. The van der Waals surface area contributed by atoms with Gasteiger partial charge in [-0.15, -0.1) is 0 Å². The van der Waals surface area contributed by atoms with E-state index in [2.05, 4.69) is 15.3 Å². The summed E-state index contributed by atoms with van der Waals surface area (Å²) >= 11 is 5.40. The molecule has 4 aromatic rings. The number of carbonyl (C=O) groups excluding carboxylic acids is 1. The molecule has 0 unspecified atom stereocenters. The minimum Gasteiger partial charge on any atom is -0.497 e. The number of aromatic amines is 2. The van der Waals surface area contributed by atoms with Crippen LogP contribution in [0, 0.1) is 4.77 Å². The zero-order chi connectivity index (χ0) is 22.0. The predicted octanol–water partition coefficient (Wildman–Crippen LogP) is 3.26. The third-order valence-electron chi connectivity index (χ3n) is 5.17. The van der Waals surface area contributed by atoms with Gasteiger partial charge in [0.25, 0.3) is 5.56 Å². The van der Waals surface area contributed by atoms with Crippen molar-refractivity contribution in [1.29, 1.82) is 0 Å². The van der Waals surface area contributed by atoms with Gasteiger partial charge in [-0.2, -0.15) is 0 Å². The van der Waals surface area contributed by atoms with Crippen LogP contribution in [0.2, 0.25) is 0 Å². The molecule has 160 valence electrons. The molecule has 4 rings (SSSR count). The number of ether oxygens (including phenoxy) is 2. The molecule has 0 radical (unpaired) electrons. The van der Waals surface area contributed by atoms with Crippen LogP contribution in [0.15, 0.2) is 47.3 Å². The van der Waals surface area contributed by atoms with Crippen molar-refractivity contribution < 1.29 is 14.3 Å². The van der Waals surface area contributed by atoms with E-state index in [1.807, 2.05) is 42.5 Å². The predicted molar refractivity (Wildman–Crippen MR) is 121 cm³/mol. The minimum absolute atomic E-state index is 0.117. The van der Waals surface area contributed by atoms with Gasteiger partial charge in [0.15, 0.2) is 4.77 Å². The average molecular weight is 439 g/mol. The molecule has 0 aliphatic carbocycles. The van der Waals surface area contributed by atoms with E-state index in [0.717, 1.165) is 16.5 Å². The Morgan fingerprint density at radius 2 is 1.90 bits per heavy atom. The van der Waals surface area contributed by atoms with E-state index >= 15 is 0 Å². The summed E-state index contributed by atoms with van der Waals surface area (Å²) in [7, 11) is 3.18.